The predicted molar refractivity (Wildman–Crippen MR) is 153 cm³/mol. The van der Waals surface area contributed by atoms with Gasteiger partial charge in [-0.2, -0.15) is 0 Å². The number of amides is 2. The number of rotatable bonds is 7. The fourth-order valence-electron chi connectivity index (χ4n) is 5.43. The number of fused-ring (bicyclic) bond motifs is 2. The van der Waals surface area contributed by atoms with Crippen LogP contribution in [0.4, 0.5) is 5.82 Å². The molecule has 2 fully saturated rings. The summed E-state index contributed by atoms with van der Waals surface area (Å²) >= 11 is 3.14. The number of ketones is 1. The van der Waals surface area contributed by atoms with Crippen LogP contribution in [-0.4, -0.2) is 60.7 Å². The van der Waals surface area contributed by atoms with E-state index in [2.05, 4.69) is 48.2 Å². The van der Waals surface area contributed by atoms with E-state index in [1.165, 1.54) is 6.92 Å². The first kappa shape index (κ1) is 27.9. The zero-order valence-electron chi connectivity index (χ0n) is 23.0. The maximum absolute atomic E-state index is 13.9. The summed E-state index contributed by atoms with van der Waals surface area (Å²) < 4.78 is 2.40. The van der Waals surface area contributed by atoms with E-state index in [1.807, 2.05) is 44.2 Å². The molecule has 0 spiro atoms. The van der Waals surface area contributed by atoms with E-state index >= 15 is 0 Å². The Morgan fingerprint density at radius 1 is 1.12 bits per heavy atom. The molecule has 1 aromatic carbocycles. The van der Waals surface area contributed by atoms with Gasteiger partial charge in [0.05, 0.1) is 0 Å². The zero-order chi connectivity index (χ0) is 29.1. The van der Waals surface area contributed by atoms with Gasteiger partial charge in [-0.25, -0.2) is 0 Å². The molecule has 0 bridgehead atoms. The molecule has 5 heterocycles. The Hall–Kier alpha value is -3.26. The normalized spacial score (nSPS) is 21.3. The first-order valence-electron chi connectivity index (χ1n) is 13.3. The third-order valence-electron chi connectivity index (χ3n) is 7.78. The van der Waals surface area contributed by atoms with Crippen LogP contribution in [0.15, 0.2) is 47.3 Å². The Balaban J connectivity index is 1.30. The number of likely N-dealkylation sites (tertiary alicyclic amines) is 1. The number of Topliss-reactive ketones (excluding diaryl/α,β-unsaturated/α-hetero) is 1. The molecule has 2 aliphatic heterocycles. The topological polar surface area (TPSA) is 123 Å². The maximum atomic E-state index is 13.9. The van der Waals surface area contributed by atoms with Crippen molar-refractivity contribution in [1.82, 2.24) is 29.6 Å². The van der Waals surface area contributed by atoms with E-state index < -0.39 is 6.04 Å². The van der Waals surface area contributed by atoms with Gasteiger partial charge >= 0.3 is 244 Å². The van der Waals surface area contributed by atoms with Crippen LogP contribution in [0.2, 0.25) is 0 Å². The summed E-state index contributed by atoms with van der Waals surface area (Å²) in [6.07, 6.45) is 5.09. The fraction of sp³-hybridized carbons (Fsp3) is 0.345. The van der Waals surface area contributed by atoms with Crippen LogP contribution in [0.5, 0.6) is 0 Å². The second kappa shape index (κ2) is 10.5. The summed E-state index contributed by atoms with van der Waals surface area (Å²) in [6, 6.07) is 8.80. The van der Waals surface area contributed by atoms with Crippen molar-refractivity contribution in [2.24, 2.45) is 0 Å². The molecule has 212 valence electrons. The van der Waals surface area contributed by atoms with Gasteiger partial charge in [0.2, 0.25) is 0 Å². The van der Waals surface area contributed by atoms with E-state index in [1.54, 1.807) is 22.0 Å². The van der Waals surface area contributed by atoms with Crippen LogP contribution < -0.4 is 26.5 Å². The summed E-state index contributed by atoms with van der Waals surface area (Å²) in [7, 11) is 0. The second-order valence-corrected chi connectivity index (χ2v) is 15.2. The molecule has 3 atom stereocenters. The summed E-state index contributed by atoms with van der Waals surface area (Å²) in [6.45, 7) is 7.26. The van der Waals surface area contributed by atoms with Crippen LogP contribution in [-0.2, 0) is 16.1 Å². The summed E-state index contributed by atoms with van der Waals surface area (Å²) in [5.74, 6) is 0.573. The number of benzene rings is 1. The number of carbonyl (C=O) groups is 3. The van der Waals surface area contributed by atoms with Gasteiger partial charge in [-0.15, -0.1) is 0 Å². The van der Waals surface area contributed by atoms with Crippen molar-refractivity contribution in [1.29, 1.82) is 0 Å². The first-order chi connectivity index (χ1) is 19.6. The van der Waals surface area contributed by atoms with Crippen molar-refractivity contribution >= 4 is 50.2 Å². The Morgan fingerprint density at radius 3 is 2.59 bits per heavy atom. The third kappa shape index (κ3) is 5.05. The number of hydrogen-bond donors (Lipinski definition) is 1. The van der Waals surface area contributed by atoms with E-state index in [4.69, 9.17) is 0 Å². The molecule has 0 radical (unpaired) electrons. The van der Waals surface area contributed by atoms with Gasteiger partial charge in [-0.05, 0) is 6.92 Å². The summed E-state index contributed by atoms with van der Waals surface area (Å²) in [5, 5.41) is 8.19. The van der Waals surface area contributed by atoms with E-state index in [9.17, 15) is 14.4 Å². The molecule has 0 saturated carbocycles. The number of aromatic nitrogens is 5. The van der Waals surface area contributed by atoms with Crippen molar-refractivity contribution in [3.8, 4) is 11.1 Å². The molecule has 0 aliphatic carbocycles. The molecule has 6 rings (SSSR count). The molecule has 2 amide bonds. The number of alkyl halides is 2. The van der Waals surface area contributed by atoms with Crippen molar-refractivity contribution in [3.63, 3.8) is 0 Å². The Labute approximate surface area is 255 Å². The molecular weight excluding hydrogens is 701 g/mol. The molecule has 10 nitrogen and oxygen atoms in total. The van der Waals surface area contributed by atoms with Gasteiger partial charge in [0, 0.05) is 0 Å². The number of halogens is 2. The molecule has 0 unspecified atom stereocenters. The van der Waals surface area contributed by atoms with Crippen molar-refractivity contribution < 1.29 is 35.6 Å². The van der Waals surface area contributed by atoms with Crippen LogP contribution >= 0.6 is 15.9 Å². The molecule has 2 saturated heterocycles. The quantitative estimate of drug-likeness (QED) is 0.100. The second-order valence-electron chi connectivity index (χ2n) is 10.5. The molecule has 4 aromatic rings. The van der Waals surface area contributed by atoms with Crippen LogP contribution in [0.1, 0.15) is 48.6 Å². The van der Waals surface area contributed by atoms with Gasteiger partial charge < -0.3 is 0 Å². The Kier molecular flexibility index (Phi) is 7.17. The first-order valence-corrected chi connectivity index (χ1v) is 16.4. The number of nitrogens with zero attached hydrogens (tertiary/aromatic N) is 6. The van der Waals surface area contributed by atoms with Gasteiger partial charge in [0.25, 0.3) is 0 Å². The molecule has 12 heteroatoms. The summed E-state index contributed by atoms with van der Waals surface area (Å²) in [5.41, 5.74) is 3.51. The SMILES string of the molecule is CC[C@@]12C[C@@H](C(=O)Nc3nc(Br)ccc3C)N(C(=O)Cn3nc(C(C)=O)c4cc(-c5cnc(C)nc5)ccc43)[C@@H]1[I-]2. The molecule has 2 aliphatic rings. The van der Waals surface area contributed by atoms with Crippen molar-refractivity contribution in [3.05, 3.63) is 64.4 Å². The minimum atomic E-state index is -0.580. The predicted octanol–water partition coefficient (Wildman–Crippen LogP) is 1.29. The standard InChI is InChI=1S/C29H28BrIN7O3/c1-5-29-11-22(27(41)35-26-15(2)6-9-23(30)34-26)38(28(29)31-29)24(40)14-37-21-8-7-18(19-12-32-17(4)33-13-19)10-20(21)25(36-37)16(3)39/h6-10,12-13,22,28H,5,11,14H2,1-4H3,(H,34,35,41)/q-1/t22-,28-,29+/m0/s1. The molecule has 1 N–H and O–H groups in total. The number of carbonyl (C=O) groups excluding carboxylic acids is 3. The van der Waals surface area contributed by atoms with Gasteiger partial charge in [-0.1, -0.05) is 0 Å². The van der Waals surface area contributed by atoms with Gasteiger partial charge in [-0.3, -0.25) is 0 Å². The average molecular weight is 729 g/mol. The Bertz CT molecular complexity index is 1720. The molecule has 41 heavy (non-hydrogen) atoms. The monoisotopic (exact) mass is 728 g/mol. The molecular formula is C29H28BrIN7O3-. The van der Waals surface area contributed by atoms with E-state index in [0.29, 0.717) is 39.3 Å². The van der Waals surface area contributed by atoms with Crippen molar-refractivity contribution in [2.45, 2.75) is 60.6 Å². The van der Waals surface area contributed by atoms with Gasteiger partial charge in [0.15, 0.2) is 0 Å². The summed E-state index contributed by atoms with van der Waals surface area (Å²) in [4.78, 5) is 54.8. The van der Waals surface area contributed by atoms with E-state index in [0.717, 1.165) is 23.1 Å². The fourth-order valence-corrected chi connectivity index (χ4v) is 9.84. The number of anilines is 1. The number of nitrogens with one attached hydrogen (secondary N) is 1. The average Bonchev–Trinajstić information content (AvgIpc) is 3.38. The van der Waals surface area contributed by atoms with E-state index in [-0.39, 0.29) is 52.8 Å². The number of aryl methyl sites for hydroxylation is 2. The third-order valence-corrected chi connectivity index (χ3v) is 13.0. The van der Waals surface area contributed by atoms with Crippen LogP contribution in [0.3, 0.4) is 0 Å². The van der Waals surface area contributed by atoms with Crippen LogP contribution in [0, 0.1) is 13.8 Å². The number of hydrogen-bond acceptors (Lipinski definition) is 7. The zero-order valence-corrected chi connectivity index (χ0v) is 26.7. The Morgan fingerprint density at radius 2 is 1.88 bits per heavy atom. The molecule has 3 aromatic heterocycles. The van der Waals surface area contributed by atoms with Crippen molar-refractivity contribution in [2.75, 3.05) is 5.32 Å². The number of pyridine rings is 1. The minimum absolute atomic E-state index is 0.0608. The van der Waals surface area contributed by atoms with Crippen LogP contribution in [0.25, 0.3) is 22.0 Å². The van der Waals surface area contributed by atoms with Gasteiger partial charge in [0.1, 0.15) is 5.82 Å².